The highest BCUT2D eigenvalue weighted by atomic mass is 16.6. The maximum absolute atomic E-state index is 12.7. The van der Waals surface area contributed by atoms with Gasteiger partial charge in [-0.2, -0.15) is 0 Å². The van der Waals surface area contributed by atoms with E-state index in [2.05, 4.69) is 9.55 Å². The highest BCUT2D eigenvalue weighted by molar-refractivity contribution is 5.83. The molecular weight excluding hydrogens is 360 g/mol. The monoisotopic (exact) mass is 384 g/mol. The molecule has 0 unspecified atom stereocenters. The van der Waals surface area contributed by atoms with Crippen molar-refractivity contribution in [2.45, 2.75) is 25.0 Å². The van der Waals surface area contributed by atoms with Gasteiger partial charge in [-0.1, -0.05) is 12.1 Å². The van der Waals surface area contributed by atoms with E-state index in [9.17, 15) is 14.7 Å². The number of rotatable bonds is 3. The van der Waals surface area contributed by atoms with Crippen molar-refractivity contribution >= 4 is 23.0 Å². The molecule has 3 heterocycles. The highest BCUT2D eigenvalue weighted by Crippen LogP contribution is 2.42. The molecule has 0 bridgehead atoms. The average molecular weight is 384 g/mol. The van der Waals surface area contributed by atoms with Gasteiger partial charge in [0, 0.05) is 13.1 Å². The minimum Gasteiger partial charge on any atom is -0.448 e. The molecule has 3 aliphatic rings. The van der Waals surface area contributed by atoms with Gasteiger partial charge >= 0.3 is 6.09 Å². The molecular formula is C20H24N4O4. The fourth-order valence-electron chi connectivity index (χ4n) is 4.99. The van der Waals surface area contributed by atoms with Gasteiger partial charge in [0.25, 0.3) is 0 Å². The molecule has 8 heteroatoms. The third kappa shape index (κ3) is 2.92. The first-order valence-corrected chi connectivity index (χ1v) is 9.89. The van der Waals surface area contributed by atoms with E-state index >= 15 is 0 Å². The van der Waals surface area contributed by atoms with Crippen LogP contribution in [0, 0.1) is 11.8 Å². The Morgan fingerprint density at radius 3 is 2.79 bits per heavy atom. The van der Waals surface area contributed by atoms with Crippen molar-refractivity contribution in [2.75, 3.05) is 32.8 Å². The Kier molecular flexibility index (Phi) is 4.23. The number of carbonyl (C=O) groups is 2. The minimum absolute atomic E-state index is 0.0303. The first-order valence-electron chi connectivity index (χ1n) is 9.89. The van der Waals surface area contributed by atoms with Gasteiger partial charge in [-0.05, 0) is 36.8 Å². The third-order valence-electron chi connectivity index (χ3n) is 6.47. The number of hydrogen-bond donors (Lipinski definition) is 1. The lowest BCUT2D eigenvalue weighted by atomic mass is 9.77. The number of carbonyl (C=O) groups excluding carboxylic acids is 2. The van der Waals surface area contributed by atoms with Crippen LogP contribution in [0.3, 0.4) is 0 Å². The molecule has 2 saturated heterocycles. The van der Waals surface area contributed by atoms with Crippen LogP contribution in [-0.4, -0.2) is 75.3 Å². The van der Waals surface area contributed by atoms with E-state index in [1.807, 2.05) is 35.5 Å². The number of imidazole rings is 1. The van der Waals surface area contributed by atoms with Gasteiger partial charge in [0.15, 0.2) is 0 Å². The van der Waals surface area contributed by atoms with Gasteiger partial charge in [-0.25, -0.2) is 9.78 Å². The fraction of sp³-hybridized carbons (Fsp3) is 0.550. The lowest BCUT2D eigenvalue weighted by molar-refractivity contribution is -0.130. The normalized spacial score (nSPS) is 30.0. The summed E-state index contributed by atoms with van der Waals surface area (Å²) in [5, 5.41) is 10.8. The van der Waals surface area contributed by atoms with Crippen LogP contribution >= 0.6 is 0 Å². The third-order valence-corrected chi connectivity index (χ3v) is 6.47. The molecule has 1 aliphatic carbocycles. The van der Waals surface area contributed by atoms with E-state index in [4.69, 9.17) is 4.74 Å². The lowest BCUT2D eigenvalue weighted by Gasteiger charge is -2.36. The van der Waals surface area contributed by atoms with Gasteiger partial charge in [0.2, 0.25) is 5.91 Å². The van der Waals surface area contributed by atoms with E-state index in [-0.39, 0.29) is 18.5 Å². The Labute approximate surface area is 162 Å². The number of likely N-dealkylation sites (tertiary alicyclic amines) is 1. The number of ether oxygens (including phenoxy) is 1. The first kappa shape index (κ1) is 17.5. The summed E-state index contributed by atoms with van der Waals surface area (Å²) in [6.07, 6.45) is 2.45. The Bertz CT molecular complexity index is 912. The zero-order valence-corrected chi connectivity index (χ0v) is 15.6. The molecule has 0 radical (unpaired) electrons. The van der Waals surface area contributed by atoms with Crippen LogP contribution in [0.15, 0.2) is 30.6 Å². The molecule has 3 fully saturated rings. The predicted octanol–water partition coefficient (Wildman–Crippen LogP) is 1.26. The van der Waals surface area contributed by atoms with Crippen molar-refractivity contribution in [2.24, 2.45) is 11.8 Å². The zero-order chi connectivity index (χ0) is 19.3. The predicted molar refractivity (Wildman–Crippen MR) is 100 cm³/mol. The molecule has 5 rings (SSSR count). The van der Waals surface area contributed by atoms with Crippen molar-refractivity contribution in [3.8, 4) is 0 Å². The van der Waals surface area contributed by atoms with Crippen LogP contribution in [0.4, 0.5) is 4.79 Å². The maximum atomic E-state index is 12.7. The molecule has 148 valence electrons. The second kappa shape index (κ2) is 6.77. The number of aliphatic hydroxyl groups is 1. The zero-order valence-electron chi connectivity index (χ0n) is 15.6. The quantitative estimate of drug-likeness (QED) is 0.861. The van der Waals surface area contributed by atoms with E-state index < -0.39 is 12.2 Å². The molecule has 0 spiro atoms. The summed E-state index contributed by atoms with van der Waals surface area (Å²) >= 11 is 0. The number of nitrogens with zero attached hydrogens (tertiary/aromatic N) is 4. The van der Waals surface area contributed by atoms with Crippen molar-refractivity contribution in [3.05, 3.63) is 30.6 Å². The number of aromatic nitrogens is 2. The van der Waals surface area contributed by atoms with Crippen LogP contribution < -0.4 is 0 Å². The summed E-state index contributed by atoms with van der Waals surface area (Å²) in [5.41, 5.74) is 1.96. The summed E-state index contributed by atoms with van der Waals surface area (Å²) in [4.78, 5) is 32.0. The fourth-order valence-corrected chi connectivity index (χ4v) is 4.99. The molecule has 1 saturated carbocycles. The standard InChI is InChI=1S/C20H24N4O4/c25-18-8-14-10-23(19(26)11-22-5-6-28-20(22)27)9-13(14)7-17(18)24-12-21-15-3-1-2-4-16(15)24/h1-4,12-14,17-18,25H,5-11H2/t13-,14+,17-,18-/m1/s1. The number of hydrogen-bond acceptors (Lipinski definition) is 5. The smallest absolute Gasteiger partial charge is 0.410 e. The Morgan fingerprint density at radius 2 is 2.00 bits per heavy atom. The summed E-state index contributed by atoms with van der Waals surface area (Å²) in [6.45, 7) is 2.24. The van der Waals surface area contributed by atoms with Crippen LogP contribution in [0.1, 0.15) is 18.9 Å². The number of fused-ring (bicyclic) bond motifs is 2. The molecule has 28 heavy (non-hydrogen) atoms. The van der Waals surface area contributed by atoms with Gasteiger partial charge < -0.3 is 19.3 Å². The van der Waals surface area contributed by atoms with Gasteiger partial charge in [-0.15, -0.1) is 0 Å². The summed E-state index contributed by atoms with van der Waals surface area (Å²) in [5.74, 6) is 0.618. The van der Waals surface area contributed by atoms with E-state index in [1.54, 1.807) is 0 Å². The maximum Gasteiger partial charge on any atom is 0.410 e. The molecule has 2 amide bonds. The number of aliphatic hydroxyl groups excluding tert-OH is 1. The number of cyclic esters (lactones) is 1. The molecule has 4 atom stereocenters. The largest absolute Gasteiger partial charge is 0.448 e. The van der Waals surface area contributed by atoms with Gasteiger partial charge in [0.1, 0.15) is 13.2 Å². The van der Waals surface area contributed by atoms with Crippen molar-refractivity contribution in [3.63, 3.8) is 0 Å². The van der Waals surface area contributed by atoms with Crippen molar-refractivity contribution in [1.82, 2.24) is 19.4 Å². The minimum atomic E-state index is -0.456. The summed E-state index contributed by atoms with van der Waals surface area (Å²) in [6, 6.07) is 7.92. The van der Waals surface area contributed by atoms with Crippen molar-refractivity contribution < 1.29 is 19.4 Å². The van der Waals surface area contributed by atoms with Crippen LogP contribution in [-0.2, 0) is 9.53 Å². The van der Waals surface area contributed by atoms with Gasteiger partial charge in [-0.3, -0.25) is 9.69 Å². The van der Waals surface area contributed by atoms with Gasteiger partial charge in [0.05, 0.1) is 36.1 Å². The Morgan fingerprint density at radius 1 is 1.21 bits per heavy atom. The lowest BCUT2D eigenvalue weighted by Crippen LogP contribution is -2.39. The number of amides is 2. The SMILES string of the molecule is O=C(CN1CCOC1=O)N1C[C@H]2C[C@@H](n3cnc4ccccc43)[C@H](O)C[C@H]2C1. The molecule has 1 aromatic heterocycles. The second-order valence-electron chi connectivity index (χ2n) is 8.10. The average Bonchev–Trinajstić information content (AvgIpc) is 3.39. The van der Waals surface area contributed by atoms with Crippen LogP contribution in [0.2, 0.25) is 0 Å². The van der Waals surface area contributed by atoms with E-state index in [0.29, 0.717) is 44.5 Å². The van der Waals surface area contributed by atoms with Crippen LogP contribution in [0.25, 0.3) is 11.0 Å². The van der Waals surface area contributed by atoms with Crippen LogP contribution in [0.5, 0.6) is 0 Å². The molecule has 1 N–H and O–H groups in total. The molecule has 1 aromatic carbocycles. The number of benzene rings is 1. The second-order valence-corrected chi connectivity index (χ2v) is 8.10. The molecule has 2 aliphatic heterocycles. The first-order chi connectivity index (χ1) is 13.6. The van der Waals surface area contributed by atoms with Crippen molar-refractivity contribution in [1.29, 1.82) is 0 Å². The highest BCUT2D eigenvalue weighted by Gasteiger charge is 2.44. The molecule has 2 aromatic rings. The number of para-hydroxylation sites is 2. The van der Waals surface area contributed by atoms with E-state index in [0.717, 1.165) is 17.5 Å². The Hall–Kier alpha value is -2.61. The Balaban J connectivity index is 1.29. The summed E-state index contributed by atoms with van der Waals surface area (Å²) < 4.78 is 6.99. The summed E-state index contributed by atoms with van der Waals surface area (Å²) in [7, 11) is 0. The molecule has 8 nitrogen and oxygen atoms in total. The van der Waals surface area contributed by atoms with E-state index in [1.165, 1.54) is 4.90 Å². The topological polar surface area (TPSA) is 87.9 Å².